The van der Waals surface area contributed by atoms with Crippen LogP contribution < -0.4 is 11.1 Å². The molecule has 0 radical (unpaired) electrons. The summed E-state index contributed by atoms with van der Waals surface area (Å²) in [5, 5.41) is 3.01. The van der Waals surface area contributed by atoms with Gasteiger partial charge in [0.2, 0.25) is 5.91 Å². The smallest absolute Gasteiger partial charge is 0.237 e. The van der Waals surface area contributed by atoms with E-state index in [4.69, 9.17) is 5.73 Å². The average molecular weight is 325 g/mol. The van der Waals surface area contributed by atoms with Crippen molar-refractivity contribution in [3.63, 3.8) is 0 Å². The van der Waals surface area contributed by atoms with Crippen LogP contribution in [0.25, 0.3) is 0 Å². The fourth-order valence-corrected chi connectivity index (χ4v) is 2.97. The molecule has 1 amide bonds. The molecule has 0 saturated heterocycles. The molecular weight excluding hydrogens is 304 g/mol. The third kappa shape index (κ3) is 3.18. The van der Waals surface area contributed by atoms with E-state index in [0.717, 1.165) is 17.3 Å². The van der Waals surface area contributed by atoms with Gasteiger partial charge in [0.15, 0.2) is 0 Å². The molecule has 19 heavy (non-hydrogen) atoms. The fourth-order valence-electron chi connectivity index (χ4n) is 2.26. The van der Waals surface area contributed by atoms with E-state index in [2.05, 4.69) is 33.4 Å². The Morgan fingerprint density at radius 1 is 1.42 bits per heavy atom. The van der Waals surface area contributed by atoms with Crippen molar-refractivity contribution in [2.24, 2.45) is 11.7 Å². The lowest BCUT2D eigenvalue weighted by Gasteiger charge is -2.21. The Kier molecular flexibility index (Phi) is 4.31. The van der Waals surface area contributed by atoms with Gasteiger partial charge in [-0.3, -0.25) is 4.79 Å². The number of hydrogen-bond acceptors (Lipinski definition) is 2. The monoisotopic (exact) mass is 324 g/mol. The molecule has 1 aromatic carbocycles. The van der Waals surface area contributed by atoms with Crippen LogP contribution in [-0.4, -0.2) is 18.5 Å². The van der Waals surface area contributed by atoms with Crippen molar-refractivity contribution < 1.29 is 4.79 Å². The van der Waals surface area contributed by atoms with Crippen molar-refractivity contribution in [1.82, 2.24) is 5.32 Å². The van der Waals surface area contributed by atoms with Gasteiger partial charge < -0.3 is 11.1 Å². The largest absolute Gasteiger partial charge is 0.354 e. The van der Waals surface area contributed by atoms with Crippen LogP contribution in [0.2, 0.25) is 0 Å². The third-order valence-electron chi connectivity index (χ3n) is 3.92. The van der Waals surface area contributed by atoms with Gasteiger partial charge in [-0.05, 0) is 30.4 Å². The van der Waals surface area contributed by atoms with E-state index in [-0.39, 0.29) is 17.2 Å². The van der Waals surface area contributed by atoms with E-state index in [1.165, 1.54) is 5.56 Å². The molecule has 1 aromatic rings. The van der Waals surface area contributed by atoms with Crippen LogP contribution in [0.15, 0.2) is 28.7 Å². The summed E-state index contributed by atoms with van der Waals surface area (Å²) < 4.78 is 1.12. The van der Waals surface area contributed by atoms with Crippen LogP contribution in [-0.2, 0) is 10.2 Å². The molecule has 0 bridgehead atoms. The van der Waals surface area contributed by atoms with Gasteiger partial charge in [0.1, 0.15) is 0 Å². The van der Waals surface area contributed by atoms with Gasteiger partial charge in [0.25, 0.3) is 0 Å². The zero-order valence-electron chi connectivity index (χ0n) is 11.4. The molecule has 1 aliphatic carbocycles. The lowest BCUT2D eigenvalue weighted by molar-refractivity contribution is -0.123. The first-order chi connectivity index (χ1) is 8.96. The second kappa shape index (κ2) is 5.63. The molecule has 0 aliphatic heterocycles. The van der Waals surface area contributed by atoms with Crippen LogP contribution in [0.4, 0.5) is 0 Å². The van der Waals surface area contributed by atoms with Gasteiger partial charge in [0.05, 0.1) is 6.04 Å². The minimum Gasteiger partial charge on any atom is -0.354 e. The van der Waals surface area contributed by atoms with E-state index >= 15 is 0 Å². The second-order valence-corrected chi connectivity index (χ2v) is 6.60. The summed E-state index contributed by atoms with van der Waals surface area (Å²) in [5.74, 6) is 0.118. The summed E-state index contributed by atoms with van der Waals surface area (Å²) in [4.78, 5) is 11.9. The lowest BCUT2D eigenvalue weighted by atomic mass is 9.95. The molecule has 1 atom stereocenters. The SMILES string of the molecule is CC(C)[C@H](N)C(=O)NCC1(c2ccccc2Br)CC1. The van der Waals surface area contributed by atoms with E-state index in [0.29, 0.717) is 6.54 Å². The van der Waals surface area contributed by atoms with Crippen molar-refractivity contribution in [2.45, 2.75) is 38.1 Å². The Morgan fingerprint density at radius 2 is 2.05 bits per heavy atom. The van der Waals surface area contributed by atoms with Crippen molar-refractivity contribution in [3.05, 3.63) is 34.3 Å². The van der Waals surface area contributed by atoms with Crippen LogP contribution in [0.5, 0.6) is 0 Å². The number of hydrogen-bond donors (Lipinski definition) is 2. The summed E-state index contributed by atoms with van der Waals surface area (Å²) in [6, 6.07) is 7.82. The fraction of sp³-hybridized carbons (Fsp3) is 0.533. The molecule has 3 N–H and O–H groups in total. The first-order valence-corrected chi connectivity index (χ1v) is 7.54. The standard InChI is InChI=1S/C15H21BrN2O/c1-10(2)13(17)14(19)18-9-15(7-8-15)11-5-3-4-6-12(11)16/h3-6,10,13H,7-9,17H2,1-2H3,(H,18,19)/t13-/m0/s1. The summed E-state index contributed by atoms with van der Waals surface area (Å²) in [7, 11) is 0. The minimum absolute atomic E-state index is 0.0478. The third-order valence-corrected chi connectivity index (χ3v) is 4.61. The van der Waals surface area contributed by atoms with Gasteiger partial charge >= 0.3 is 0 Å². The number of amides is 1. The maximum atomic E-state index is 11.9. The normalized spacial score (nSPS) is 18.2. The van der Waals surface area contributed by atoms with Gasteiger partial charge in [-0.15, -0.1) is 0 Å². The minimum atomic E-state index is -0.421. The Labute approximate surface area is 123 Å². The molecule has 0 spiro atoms. The lowest BCUT2D eigenvalue weighted by Crippen LogP contribution is -2.46. The van der Waals surface area contributed by atoms with Crippen molar-refractivity contribution in [2.75, 3.05) is 6.54 Å². The van der Waals surface area contributed by atoms with Crippen LogP contribution in [0.1, 0.15) is 32.3 Å². The van der Waals surface area contributed by atoms with Crippen LogP contribution in [0.3, 0.4) is 0 Å². The molecule has 104 valence electrons. The zero-order valence-corrected chi connectivity index (χ0v) is 13.0. The molecule has 0 heterocycles. The topological polar surface area (TPSA) is 55.1 Å². The molecule has 0 aromatic heterocycles. The Hall–Kier alpha value is -0.870. The number of benzene rings is 1. The summed E-state index contributed by atoms with van der Waals surface area (Å²) in [6.07, 6.45) is 2.24. The Balaban J connectivity index is 2.00. The predicted molar refractivity (Wildman–Crippen MR) is 80.9 cm³/mol. The maximum Gasteiger partial charge on any atom is 0.237 e. The van der Waals surface area contributed by atoms with Crippen molar-refractivity contribution >= 4 is 21.8 Å². The maximum absolute atomic E-state index is 11.9. The number of nitrogens with two attached hydrogens (primary N) is 1. The van der Waals surface area contributed by atoms with E-state index in [1.807, 2.05) is 26.0 Å². The second-order valence-electron chi connectivity index (χ2n) is 5.75. The Bertz CT molecular complexity index is 469. The molecular formula is C15H21BrN2O. The van der Waals surface area contributed by atoms with Crippen molar-refractivity contribution in [3.8, 4) is 0 Å². The number of nitrogens with one attached hydrogen (secondary N) is 1. The first kappa shape index (κ1) is 14.5. The molecule has 0 unspecified atom stereocenters. The van der Waals surface area contributed by atoms with Gasteiger partial charge in [-0.25, -0.2) is 0 Å². The molecule has 3 nitrogen and oxygen atoms in total. The van der Waals surface area contributed by atoms with Crippen LogP contribution in [0, 0.1) is 5.92 Å². The summed E-state index contributed by atoms with van der Waals surface area (Å²) >= 11 is 3.59. The highest BCUT2D eigenvalue weighted by molar-refractivity contribution is 9.10. The number of carbonyl (C=O) groups excluding carboxylic acids is 1. The van der Waals surface area contributed by atoms with Gasteiger partial charge in [-0.2, -0.15) is 0 Å². The molecule has 2 rings (SSSR count). The van der Waals surface area contributed by atoms with E-state index in [9.17, 15) is 4.79 Å². The highest BCUT2D eigenvalue weighted by atomic mass is 79.9. The predicted octanol–water partition coefficient (Wildman–Crippen LogP) is 2.58. The van der Waals surface area contributed by atoms with Crippen LogP contribution >= 0.6 is 15.9 Å². The van der Waals surface area contributed by atoms with E-state index < -0.39 is 6.04 Å². The molecule has 1 saturated carbocycles. The Morgan fingerprint density at radius 3 is 2.58 bits per heavy atom. The summed E-state index contributed by atoms with van der Waals surface area (Å²) in [6.45, 7) is 4.60. The quantitative estimate of drug-likeness (QED) is 0.874. The number of carbonyl (C=O) groups is 1. The van der Waals surface area contributed by atoms with Crippen molar-refractivity contribution in [1.29, 1.82) is 0 Å². The average Bonchev–Trinajstić information content (AvgIpc) is 3.16. The number of halogens is 1. The zero-order chi connectivity index (χ0) is 14.0. The van der Waals surface area contributed by atoms with E-state index in [1.54, 1.807) is 0 Å². The summed E-state index contributed by atoms with van der Waals surface area (Å²) in [5.41, 5.74) is 7.25. The number of rotatable bonds is 5. The van der Waals surface area contributed by atoms with Gasteiger partial charge in [0, 0.05) is 16.4 Å². The highest BCUT2D eigenvalue weighted by Gasteiger charge is 2.45. The molecule has 1 fully saturated rings. The first-order valence-electron chi connectivity index (χ1n) is 6.74. The molecule has 1 aliphatic rings. The highest BCUT2D eigenvalue weighted by Crippen LogP contribution is 2.49. The van der Waals surface area contributed by atoms with Gasteiger partial charge in [-0.1, -0.05) is 48.0 Å². The molecule has 4 heteroatoms.